The van der Waals surface area contributed by atoms with Crippen LogP contribution in [0.15, 0.2) is 48.5 Å². The average Bonchev–Trinajstić information content (AvgIpc) is 2.65. The molecule has 5 heteroatoms. The molecule has 2 N–H and O–H groups in total. The Balaban J connectivity index is 2.06. The Labute approximate surface area is 161 Å². The molecule has 2 aromatic rings. The Bertz CT molecular complexity index is 774. The van der Waals surface area contributed by atoms with Gasteiger partial charge in [-0.15, -0.1) is 0 Å². The Kier molecular flexibility index (Phi) is 8.01. The molecule has 0 saturated carbocycles. The van der Waals surface area contributed by atoms with Crippen LogP contribution in [0, 0.1) is 6.92 Å². The number of hydrogen-bond donors (Lipinski definition) is 2. The first kappa shape index (κ1) is 20.6. The summed E-state index contributed by atoms with van der Waals surface area (Å²) in [6.45, 7) is 8.20. The molecular formula is C22H29N3O2. The lowest BCUT2D eigenvalue weighted by Crippen LogP contribution is -2.34. The van der Waals surface area contributed by atoms with E-state index in [-0.39, 0.29) is 11.8 Å². The van der Waals surface area contributed by atoms with E-state index in [4.69, 9.17) is 0 Å². The van der Waals surface area contributed by atoms with Crippen molar-refractivity contribution >= 4 is 23.2 Å². The molecule has 0 saturated heterocycles. The molecule has 0 aromatic heterocycles. The van der Waals surface area contributed by atoms with Gasteiger partial charge >= 0.3 is 0 Å². The summed E-state index contributed by atoms with van der Waals surface area (Å²) in [7, 11) is 0. The van der Waals surface area contributed by atoms with Crippen LogP contribution >= 0.6 is 0 Å². The van der Waals surface area contributed by atoms with Crippen LogP contribution in [0.2, 0.25) is 0 Å². The van der Waals surface area contributed by atoms with Gasteiger partial charge in [-0.25, -0.2) is 0 Å². The zero-order valence-corrected chi connectivity index (χ0v) is 16.4. The highest BCUT2D eigenvalue weighted by Gasteiger charge is 2.15. The van der Waals surface area contributed by atoms with Gasteiger partial charge in [0, 0.05) is 5.69 Å². The van der Waals surface area contributed by atoms with Gasteiger partial charge in [-0.3, -0.25) is 14.5 Å². The van der Waals surface area contributed by atoms with E-state index in [2.05, 4.69) is 22.5 Å². The topological polar surface area (TPSA) is 61.4 Å². The van der Waals surface area contributed by atoms with Crippen molar-refractivity contribution in [3.63, 3.8) is 0 Å². The van der Waals surface area contributed by atoms with Crippen molar-refractivity contribution in [2.75, 3.05) is 30.3 Å². The van der Waals surface area contributed by atoms with Crippen LogP contribution in [0.5, 0.6) is 0 Å². The van der Waals surface area contributed by atoms with Crippen molar-refractivity contribution in [1.82, 2.24) is 4.90 Å². The van der Waals surface area contributed by atoms with E-state index < -0.39 is 0 Å². The third-order valence-electron chi connectivity index (χ3n) is 4.36. The number of likely N-dealkylation sites (N-methyl/N-ethyl adjacent to an activating group) is 1. The Morgan fingerprint density at radius 2 is 1.78 bits per heavy atom. The summed E-state index contributed by atoms with van der Waals surface area (Å²) >= 11 is 0. The van der Waals surface area contributed by atoms with E-state index >= 15 is 0 Å². The number of benzene rings is 2. The maximum absolute atomic E-state index is 12.7. The molecule has 0 fully saturated rings. The summed E-state index contributed by atoms with van der Waals surface area (Å²) in [4.78, 5) is 27.2. The monoisotopic (exact) mass is 367 g/mol. The second-order valence-electron chi connectivity index (χ2n) is 6.64. The summed E-state index contributed by atoms with van der Waals surface area (Å²) in [6, 6.07) is 14.7. The third kappa shape index (κ3) is 6.53. The first-order valence-electron chi connectivity index (χ1n) is 9.52. The summed E-state index contributed by atoms with van der Waals surface area (Å²) in [5.41, 5.74) is 2.78. The van der Waals surface area contributed by atoms with E-state index in [9.17, 15) is 9.59 Å². The van der Waals surface area contributed by atoms with Crippen molar-refractivity contribution in [2.45, 2.75) is 33.6 Å². The van der Waals surface area contributed by atoms with E-state index in [1.165, 1.54) is 0 Å². The van der Waals surface area contributed by atoms with E-state index in [0.29, 0.717) is 17.8 Å². The molecule has 0 bridgehead atoms. The normalized spacial score (nSPS) is 10.7. The maximum atomic E-state index is 12.7. The van der Waals surface area contributed by atoms with Gasteiger partial charge in [-0.1, -0.05) is 44.5 Å². The highest BCUT2D eigenvalue weighted by molar-refractivity contribution is 6.10. The molecule has 0 atom stereocenters. The molecular weight excluding hydrogens is 338 g/mol. The quantitative estimate of drug-likeness (QED) is 0.694. The molecule has 27 heavy (non-hydrogen) atoms. The van der Waals surface area contributed by atoms with E-state index in [1.807, 2.05) is 44.2 Å². The number of nitrogens with zero attached hydrogens (tertiary/aromatic N) is 1. The number of anilines is 2. The third-order valence-corrected chi connectivity index (χ3v) is 4.36. The number of carbonyl (C=O) groups is 2. The summed E-state index contributed by atoms with van der Waals surface area (Å²) in [5.74, 6) is -0.349. The molecule has 0 spiro atoms. The smallest absolute Gasteiger partial charge is 0.257 e. The van der Waals surface area contributed by atoms with Crippen molar-refractivity contribution in [1.29, 1.82) is 0 Å². The fraction of sp³-hybridized carbons (Fsp3) is 0.364. The Morgan fingerprint density at radius 1 is 1.00 bits per heavy atom. The molecule has 2 amide bonds. The lowest BCUT2D eigenvalue weighted by Gasteiger charge is -2.20. The van der Waals surface area contributed by atoms with Crippen LogP contribution in [0.3, 0.4) is 0 Å². The lowest BCUT2D eigenvalue weighted by molar-refractivity contribution is -0.117. The average molecular weight is 367 g/mol. The zero-order chi connectivity index (χ0) is 19.6. The standard InChI is InChI=1S/C22H29N3O2/c1-4-6-14-25(5-2)16-21(26)24-20-13-8-7-12-19(20)22(27)23-18-11-9-10-17(3)15-18/h7-13,15H,4-6,14,16H2,1-3H3,(H,23,27)(H,24,26). The number of hydrogen-bond acceptors (Lipinski definition) is 3. The lowest BCUT2D eigenvalue weighted by atomic mass is 10.1. The second-order valence-corrected chi connectivity index (χ2v) is 6.64. The van der Waals surface area contributed by atoms with Crippen LogP contribution in [0.4, 0.5) is 11.4 Å². The summed E-state index contributed by atoms with van der Waals surface area (Å²) in [6.07, 6.45) is 2.16. The first-order chi connectivity index (χ1) is 13.0. The maximum Gasteiger partial charge on any atom is 0.257 e. The van der Waals surface area contributed by atoms with E-state index in [0.717, 1.165) is 37.2 Å². The Morgan fingerprint density at radius 3 is 2.48 bits per heavy atom. The van der Waals surface area contributed by atoms with Gasteiger partial charge in [-0.2, -0.15) is 0 Å². The number of amides is 2. The van der Waals surface area contributed by atoms with E-state index in [1.54, 1.807) is 18.2 Å². The number of nitrogens with one attached hydrogen (secondary N) is 2. The highest BCUT2D eigenvalue weighted by atomic mass is 16.2. The first-order valence-corrected chi connectivity index (χ1v) is 9.52. The zero-order valence-electron chi connectivity index (χ0n) is 16.4. The predicted molar refractivity (Wildman–Crippen MR) is 111 cm³/mol. The van der Waals surface area contributed by atoms with Crippen LogP contribution in [-0.2, 0) is 4.79 Å². The molecule has 0 aliphatic heterocycles. The van der Waals surface area contributed by atoms with Crippen LogP contribution < -0.4 is 10.6 Å². The number of carbonyl (C=O) groups excluding carboxylic acids is 2. The summed E-state index contributed by atoms with van der Waals surface area (Å²) < 4.78 is 0. The minimum absolute atomic E-state index is 0.108. The number of unbranched alkanes of at least 4 members (excludes halogenated alkanes) is 1. The molecule has 0 aliphatic carbocycles. The predicted octanol–water partition coefficient (Wildman–Crippen LogP) is 4.31. The SMILES string of the molecule is CCCCN(CC)CC(=O)Nc1ccccc1C(=O)Nc1cccc(C)c1. The summed E-state index contributed by atoms with van der Waals surface area (Å²) in [5, 5.41) is 5.78. The minimum atomic E-state index is -0.241. The van der Waals surface area contributed by atoms with Gasteiger partial charge in [0.25, 0.3) is 5.91 Å². The molecule has 2 rings (SSSR count). The molecule has 5 nitrogen and oxygen atoms in total. The van der Waals surface area contributed by atoms with Gasteiger partial charge in [0.1, 0.15) is 0 Å². The number of rotatable bonds is 9. The minimum Gasteiger partial charge on any atom is -0.324 e. The Hall–Kier alpha value is -2.66. The molecule has 0 unspecified atom stereocenters. The van der Waals surface area contributed by atoms with Crippen LogP contribution in [0.25, 0.3) is 0 Å². The van der Waals surface area contributed by atoms with Crippen LogP contribution in [-0.4, -0.2) is 36.3 Å². The van der Waals surface area contributed by atoms with Gasteiger partial charge in [0.05, 0.1) is 17.8 Å². The molecule has 0 heterocycles. The van der Waals surface area contributed by atoms with Crippen molar-refractivity contribution in [3.05, 3.63) is 59.7 Å². The van der Waals surface area contributed by atoms with Crippen molar-refractivity contribution in [3.8, 4) is 0 Å². The second kappa shape index (κ2) is 10.5. The molecule has 144 valence electrons. The van der Waals surface area contributed by atoms with Crippen LogP contribution in [0.1, 0.15) is 42.6 Å². The van der Waals surface area contributed by atoms with Gasteiger partial charge in [0.15, 0.2) is 0 Å². The van der Waals surface area contributed by atoms with Gasteiger partial charge in [-0.05, 0) is 56.3 Å². The molecule has 0 radical (unpaired) electrons. The number of para-hydroxylation sites is 1. The van der Waals surface area contributed by atoms with Crippen molar-refractivity contribution < 1.29 is 9.59 Å². The van der Waals surface area contributed by atoms with Crippen molar-refractivity contribution in [2.24, 2.45) is 0 Å². The van der Waals surface area contributed by atoms with Gasteiger partial charge in [0.2, 0.25) is 5.91 Å². The van der Waals surface area contributed by atoms with Gasteiger partial charge < -0.3 is 10.6 Å². The largest absolute Gasteiger partial charge is 0.324 e. The fourth-order valence-electron chi connectivity index (χ4n) is 2.83. The number of aryl methyl sites for hydroxylation is 1. The molecule has 2 aromatic carbocycles. The fourth-order valence-corrected chi connectivity index (χ4v) is 2.83. The molecule has 0 aliphatic rings. The highest BCUT2D eigenvalue weighted by Crippen LogP contribution is 2.18.